The molecule has 0 aliphatic heterocycles. The quantitative estimate of drug-likeness (QED) is 0.566. The molecule has 0 fully saturated rings. The highest BCUT2D eigenvalue weighted by molar-refractivity contribution is 6.31. The van der Waals surface area contributed by atoms with Crippen molar-refractivity contribution in [1.82, 2.24) is 4.90 Å². The molecule has 2 rings (SSSR count). The first-order valence-corrected chi connectivity index (χ1v) is 7.39. The van der Waals surface area contributed by atoms with Crippen LogP contribution in [0, 0.1) is 10.1 Å². The van der Waals surface area contributed by atoms with Crippen LogP contribution in [0.1, 0.15) is 15.9 Å². The Morgan fingerprint density at radius 3 is 2.68 bits per heavy atom. The molecule has 0 aromatic heterocycles. The number of rotatable bonds is 6. The summed E-state index contributed by atoms with van der Waals surface area (Å²) < 4.78 is 28.8. The summed E-state index contributed by atoms with van der Waals surface area (Å²) >= 11 is 6.01. The van der Waals surface area contributed by atoms with E-state index in [1.54, 1.807) is 0 Å². The smallest absolute Gasteiger partial charge is 0.387 e. The molecule has 0 aliphatic carbocycles. The number of amides is 1. The second-order valence-corrected chi connectivity index (χ2v) is 5.51. The standard InChI is InChI=1S/C16H13ClF2N2O4/c1-20(9-11-7-12(21(23)24)5-6-14(11)17)15(22)10-3-2-4-13(8-10)25-16(18)19/h2-8,16H,9H2,1H3. The lowest BCUT2D eigenvalue weighted by atomic mass is 10.1. The summed E-state index contributed by atoms with van der Waals surface area (Å²) in [5, 5.41) is 11.1. The highest BCUT2D eigenvalue weighted by atomic mass is 35.5. The van der Waals surface area contributed by atoms with E-state index in [2.05, 4.69) is 4.74 Å². The van der Waals surface area contributed by atoms with Gasteiger partial charge in [-0.15, -0.1) is 0 Å². The first-order valence-electron chi connectivity index (χ1n) is 7.01. The number of nitro groups is 1. The molecule has 1 amide bonds. The van der Waals surface area contributed by atoms with Gasteiger partial charge in [-0.05, 0) is 29.8 Å². The third kappa shape index (κ3) is 4.87. The fourth-order valence-electron chi connectivity index (χ4n) is 2.15. The normalized spacial score (nSPS) is 10.6. The molecule has 0 radical (unpaired) electrons. The SMILES string of the molecule is CN(Cc1cc([N+](=O)[O-])ccc1Cl)C(=O)c1cccc(OC(F)F)c1. The Morgan fingerprint density at radius 1 is 1.32 bits per heavy atom. The van der Waals surface area contributed by atoms with Crippen molar-refractivity contribution in [2.45, 2.75) is 13.2 Å². The molecule has 6 nitrogen and oxygen atoms in total. The fourth-order valence-corrected chi connectivity index (χ4v) is 2.33. The summed E-state index contributed by atoms with van der Waals surface area (Å²) in [6.07, 6.45) is 0. The van der Waals surface area contributed by atoms with Gasteiger partial charge in [-0.3, -0.25) is 14.9 Å². The first kappa shape index (κ1) is 18.6. The van der Waals surface area contributed by atoms with Crippen molar-refractivity contribution in [2.24, 2.45) is 0 Å². The zero-order valence-corrected chi connectivity index (χ0v) is 13.7. The molecule has 0 unspecified atom stereocenters. The molecule has 9 heteroatoms. The van der Waals surface area contributed by atoms with E-state index in [1.807, 2.05) is 0 Å². The number of nitrogens with zero attached hydrogens (tertiary/aromatic N) is 2. The minimum atomic E-state index is -2.99. The van der Waals surface area contributed by atoms with Crippen LogP contribution < -0.4 is 4.74 Å². The van der Waals surface area contributed by atoms with E-state index in [0.29, 0.717) is 5.56 Å². The Morgan fingerprint density at radius 2 is 2.04 bits per heavy atom. The molecule has 0 heterocycles. The topological polar surface area (TPSA) is 72.7 Å². The molecule has 0 bridgehead atoms. The van der Waals surface area contributed by atoms with Gasteiger partial charge in [0.1, 0.15) is 5.75 Å². The van der Waals surface area contributed by atoms with Gasteiger partial charge in [0.05, 0.1) is 4.92 Å². The average Bonchev–Trinajstić information content (AvgIpc) is 2.55. The summed E-state index contributed by atoms with van der Waals surface area (Å²) in [6, 6.07) is 9.29. The minimum Gasteiger partial charge on any atom is -0.435 e. The number of nitro benzene ring substituents is 1. The number of hydrogen-bond acceptors (Lipinski definition) is 4. The molecule has 0 saturated heterocycles. The van der Waals surface area contributed by atoms with Crippen LogP contribution in [0.2, 0.25) is 5.02 Å². The van der Waals surface area contributed by atoms with Crippen LogP contribution >= 0.6 is 11.6 Å². The molecular formula is C16H13ClF2N2O4. The monoisotopic (exact) mass is 370 g/mol. The van der Waals surface area contributed by atoms with Gasteiger partial charge in [-0.25, -0.2) is 0 Å². The molecule has 132 valence electrons. The second kappa shape index (κ2) is 7.89. The number of alkyl halides is 2. The van der Waals surface area contributed by atoms with Crippen LogP contribution in [-0.4, -0.2) is 29.4 Å². The van der Waals surface area contributed by atoms with Crippen LogP contribution in [0.15, 0.2) is 42.5 Å². The Hall–Kier alpha value is -2.74. The Labute approximate surface area is 146 Å². The van der Waals surface area contributed by atoms with Crippen LogP contribution in [0.4, 0.5) is 14.5 Å². The molecule has 0 aliphatic rings. The van der Waals surface area contributed by atoms with Crippen molar-refractivity contribution in [2.75, 3.05) is 7.05 Å². The Balaban J connectivity index is 2.18. The van der Waals surface area contributed by atoms with E-state index in [1.165, 1.54) is 54.4 Å². The first-order chi connectivity index (χ1) is 11.8. The molecule has 0 atom stereocenters. The van der Waals surface area contributed by atoms with Gasteiger partial charge < -0.3 is 9.64 Å². The third-order valence-corrected chi connectivity index (χ3v) is 3.67. The predicted octanol–water partition coefficient (Wildman–Crippen LogP) is 4.12. The van der Waals surface area contributed by atoms with Crippen molar-refractivity contribution in [3.63, 3.8) is 0 Å². The van der Waals surface area contributed by atoms with Crippen molar-refractivity contribution in [3.05, 3.63) is 68.7 Å². The van der Waals surface area contributed by atoms with Crippen molar-refractivity contribution in [1.29, 1.82) is 0 Å². The predicted molar refractivity (Wildman–Crippen MR) is 87.0 cm³/mol. The number of hydrogen-bond donors (Lipinski definition) is 0. The van der Waals surface area contributed by atoms with E-state index in [0.717, 1.165) is 0 Å². The van der Waals surface area contributed by atoms with E-state index >= 15 is 0 Å². The van der Waals surface area contributed by atoms with Crippen LogP contribution in [0.3, 0.4) is 0 Å². The number of non-ortho nitro benzene ring substituents is 1. The summed E-state index contributed by atoms with van der Waals surface area (Å²) in [4.78, 5) is 24.0. The largest absolute Gasteiger partial charge is 0.435 e. The Kier molecular flexibility index (Phi) is 5.87. The number of carbonyl (C=O) groups excluding carboxylic acids is 1. The van der Waals surface area contributed by atoms with E-state index < -0.39 is 17.4 Å². The summed E-state index contributed by atoms with van der Waals surface area (Å²) in [5.74, 6) is -0.607. The number of ether oxygens (including phenoxy) is 1. The Bertz CT molecular complexity index is 801. The number of halogens is 3. The maximum Gasteiger partial charge on any atom is 0.387 e. The van der Waals surface area contributed by atoms with Gasteiger partial charge in [-0.1, -0.05) is 17.7 Å². The lowest BCUT2D eigenvalue weighted by Crippen LogP contribution is -2.26. The maximum atomic E-state index is 12.4. The molecule has 2 aromatic carbocycles. The molecule has 0 spiro atoms. The number of carbonyl (C=O) groups is 1. The molecule has 2 aromatic rings. The van der Waals surface area contributed by atoms with Crippen molar-refractivity contribution >= 4 is 23.2 Å². The zero-order valence-electron chi connectivity index (χ0n) is 13.0. The highest BCUT2D eigenvalue weighted by Crippen LogP contribution is 2.24. The van der Waals surface area contributed by atoms with Gasteiger partial charge >= 0.3 is 6.61 Å². The molecule has 0 N–H and O–H groups in total. The van der Waals surface area contributed by atoms with Gasteiger partial charge in [-0.2, -0.15) is 8.78 Å². The zero-order chi connectivity index (χ0) is 18.6. The highest BCUT2D eigenvalue weighted by Gasteiger charge is 2.17. The van der Waals surface area contributed by atoms with Gasteiger partial charge in [0.25, 0.3) is 11.6 Å². The van der Waals surface area contributed by atoms with Gasteiger partial charge in [0.15, 0.2) is 0 Å². The average molecular weight is 371 g/mol. The summed E-state index contributed by atoms with van der Waals surface area (Å²) in [5.41, 5.74) is 0.390. The second-order valence-electron chi connectivity index (χ2n) is 5.10. The fraction of sp³-hybridized carbons (Fsp3) is 0.188. The maximum absolute atomic E-state index is 12.4. The van der Waals surface area contributed by atoms with Crippen LogP contribution in [-0.2, 0) is 6.54 Å². The third-order valence-electron chi connectivity index (χ3n) is 3.30. The van der Waals surface area contributed by atoms with Crippen molar-refractivity contribution < 1.29 is 23.2 Å². The number of benzene rings is 2. The summed E-state index contributed by atoms with van der Waals surface area (Å²) in [6.45, 7) is -2.98. The van der Waals surface area contributed by atoms with Gasteiger partial charge in [0, 0.05) is 36.3 Å². The summed E-state index contributed by atoms with van der Waals surface area (Å²) in [7, 11) is 1.47. The molecular weight excluding hydrogens is 358 g/mol. The van der Waals surface area contributed by atoms with E-state index in [4.69, 9.17) is 11.6 Å². The van der Waals surface area contributed by atoms with Crippen LogP contribution in [0.25, 0.3) is 0 Å². The lowest BCUT2D eigenvalue weighted by molar-refractivity contribution is -0.384. The minimum absolute atomic E-state index is 0.0132. The molecule has 25 heavy (non-hydrogen) atoms. The van der Waals surface area contributed by atoms with Crippen LogP contribution in [0.5, 0.6) is 5.75 Å². The van der Waals surface area contributed by atoms with Gasteiger partial charge in [0.2, 0.25) is 0 Å². The lowest BCUT2D eigenvalue weighted by Gasteiger charge is -2.18. The van der Waals surface area contributed by atoms with Crippen molar-refractivity contribution in [3.8, 4) is 5.75 Å². The molecule has 0 saturated carbocycles. The van der Waals surface area contributed by atoms with E-state index in [9.17, 15) is 23.7 Å². The van der Waals surface area contributed by atoms with E-state index in [-0.39, 0.29) is 28.6 Å².